The summed E-state index contributed by atoms with van der Waals surface area (Å²) in [4.78, 5) is 22.5. The maximum atomic E-state index is 12.1. The van der Waals surface area contributed by atoms with Gasteiger partial charge in [-0.1, -0.05) is 11.5 Å². The highest BCUT2D eigenvalue weighted by atomic mass is 16.4. The van der Waals surface area contributed by atoms with Crippen LogP contribution in [0.25, 0.3) is 11.1 Å². The van der Waals surface area contributed by atoms with Crippen LogP contribution < -0.4 is 10.2 Å². The predicted octanol–water partition coefficient (Wildman–Crippen LogP) is -0.280. The lowest BCUT2D eigenvalue weighted by atomic mass is 9.92. The lowest BCUT2D eigenvalue weighted by Gasteiger charge is -2.25. The Balaban J connectivity index is 3.07. The Kier molecular flexibility index (Phi) is 3.74. The van der Waals surface area contributed by atoms with E-state index in [2.05, 4.69) is 0 Å². The average molecular weight is 336 g/mol. The van der Waals surface area contributed by atoms with Crippen molar-refractivity contribution in [1.82, 2.24) is 0 Å². The molecule has 0 fully saturated rings. The van der Waals surface area contributed by atoms with Gasteiger partial charge in [0.25, 0.3) is 0 Å². The molecule has 10 nitrogen and oxygen atoms in total. The molecule has 6 N–H and O–H groups in total. The standard InChI is InChI=1S/C14H10O10/c15-5-1-3(13(21)22)7(11(19)9(5)17)8-4(14(23)24)2-6(16)10(18)12(8)20/h1-2,15-20H,(H,21,22)(H,23,24)/p-2. The Morgan fingerprint density at radius 2 is 1.00 bits per heavy atom. The fourth-order valence-corrected chi connectivity index (χ4v) is 2.10. The number of rotatable bonds is 3. The molecule has 0 aromatic heterocycles. The van der Waals surface area contributed by atoms with Crippen LogP contribution in [-0.4, -0.2) is 42.6 Å². The summed E-state index contributed by atoms with van der Waals surface area (Å²) < 4.78 is 0. The molecule has 0 amide bonds. The maximum Gasteiger partial charge on any atom is 0.336 e. The summed E-state index contributed by atoms with van der Waals surface area (Å²) in [5.74, 6) is -11.5. The van der Waals surface area contributed by atoms with Crippen molar-refractivity contribution in [3.05, 3.63) is 23.3 Å². The maximum absolute atomic E-state index is 12.1. The SMILES string of the molecule is O=C(O)c1cc(O)c(O)c([O-])c1-c1c(C(=O)O)cc(O)c(O)c1[O-]. The van der Waals surface area contributed by atoms with Crippen LogP contribution in [0.3, 0.4) is 0 Å². The highest BCUT2D eigenvalue weighted by molar-refractivity contribution is 6.07. The van der Waals surface area contributed by atoms with Crippen LogP contribution in [0.5, 0.6) is 34.5 Å². The van der Waals surface area contributed by atoms with Gasteiger partial charge in [0.05, 0.1) is 11.1 Å². The van der Waals surface area contributed by atoms with Gasteiger partial charge in [0.2, 0.25) is 0 Å². The number of carboxylic acid groups (broad SMARTS) is 2. The lowest BCUT2D eigenvalue weighted by molar-refractivity contribution is -0.272. The molecule has 2 aromatic rings. The molecule has 126 valence electrons. The Bertz CT molecular complexity index is 811. The molecule has 2 rings (SSSR count). The van der Waals surface area contributed by atoms with Crippen LogP contribution in [0.4, 0.5) is 0 Å². The van der Waals surface area contributed by atoms with Crippen LogP contribution in [-0.2, 0) is 0 Å². The molecule has 0 aliphatic heterocycles. The van der Waals surface area contributed by atoms with E-state index in [4.69, 9.17) is 10.2 Å². The minimum absolute atomic E-state index is 0.448. The molecule has 0 bridgehead atoms. The van der Waals surface area contributed by atoms with E-state index in [0.717, 1.165) is 0 Å². The minimum Gasteiger partial charge on any atom is -0.869 e. The van der Waals surface area contributed by atoms with Crippen LogP contribution in [0, 0.1) is 0 Å². The van der Waals surface area contributed by atoms with E-state index < -0.39 is 68.7 Å². The van der Waals surface area contributed by atoms with Gasteiger partial charge in [0.15, 0.2) is 11.5 Å². The molecule has 2 aromatic carbocycles. The van der Waals surface area contributed by atoms with Gasteiger partial charge < -0.3 is 40.9 Å². The van der Waals surface area contributed by atoms with Gasteiger partial charge >= 0.3 is 11.9 Å². The number of phenolic OH excluding ortho intramolecular Hbond substituents is 4. The average Bonchev–Trinajstić information content (AvgIpc) is 2.50. The number of hydrogen-bond acceptors (Lipinski definition) is 8. The Labute approximate surface area is 132 Å². The Hall–Kier alpha value is -3.82. The molecule has 24 heavy (non-hydrogen) atoms. The molecular weight excluding hydrogens is 328 g/mol. The van der Waals surface area contributed by atoms with Crippen molar-refractivity contribution in [2.45, 2.75) is 0 Å². The topological polar surface area (TPSA) is 202 Å². The molecule has 0 aliphatic rings. The number of aromatic hydroxyl groups is 4. The summed E-state index contributed by atoms with van der Waals surface area (Å²) >= 11 is 0. The first-order valence-corrected chi connectivity index (χ1v) is 6.06. The van der Waals surface area contributed by atoms with Crippen molar-refractivity contribution in [2.24, 2.45) is 0 Å². The summed E-state index contributed by atoms with van der Waals surface area (Å²) in [6, 6.07) is 0.896. The van der Waals surface area contributed by atoms with Crippen molar-refractivity contribution < 1.29 is 50.4 Å². The van der Waals surface area contributed by atoms with Crippen LogP contribution in [0.15, 0.2) is 12.1 Å². The van der Waals surface area contributed by atoms with Gasteiger partial charge in [-0.05, 0) is 23.3 Å². The first-order valence-electron chi connectivity index (χ1n) is 6.06. The second-order valence-electron chi connectivity index (χ2n) is 4.60. The van der Waals surface area contributed by atoms with Gasteiger partial charge in [0.1, 0.15) is 11.5 Å². The first kappa shape index (κ1) is 16.5. The molecule has 0 saturated heterocycles. The van der Waals surface area contributed by atoms with Crippen LogP contribution in [0.1, 0.15) is 20.7 Å². The highest BCUT2D eigenvalue weighted by Crippen LogP contribution is 2.50. The van der Waals surface area contributed by atoms with Crippen molar-refractivity contribution in [3.8, 4) is 45.6 Å². The van der Waals surface area contributed by atoms with Gasteiger partial charge in [0, 0.05) is 0 Å². The van der Waals surface area contributed by atoms with Crippen LogP contribution in [0.2, 0.25) is 0 Å². The summed E-state index contributed by atoms with van der Waals surface area (Å²) in [6.07, 6.45) is 0. The minimum atomic E-state index is -1.80. The van der Waals surface area contributed by atoms with E-state index in [1.54, 1.807) is 0 Å². The summed E-state index contributed by atoms with van der Waals surface area (Å²) in [6.45, 7) is 0. The zero-order chi connectivity index (χ0) is 18.3. The Morgan fingerprint density at radius 1 is 0.708 bits per heavy atom. The van der Waals surface area contributed by atoms with Crippen LogP contribution >= 0.6 is 0 Å². The quantitative estimate of drug-likeness (QED) is 0.404. The molecule has 10 heteroatoms. The molecule has 0 saturated carbocycles. The number of carboxylic acids is 2. The van der Waals surface area contributed by atoms with E-state index in [0.29, 0.717) is 12.1 Å². The highest BCUT2D eigenvalue weighted by Gasteiger charge is 2.25. The monoisotopic (exact) mass is 336 g/mol. The molecule has 0 unspecified atom stereocenters. The fraction of sp³-hybridized carbons (Fsp3) is 0. The third kappa shape index (κ3) is 2.31. The first-order chi connectivity index (χ1) is 11.1. The van der Waals surface area contributed by atoms with Gasteiger partial charge in [-0.15, -0.1) is 0 Å². The molecule has 0 aliphatic carbocycles. The Morgan fingerprint density at radius 3 is 1.25 bits per heavy atom. The second kappa shape index (κ2) is 5.43. The third-order valence-electron chi connectivity index (χ3n) is 3.18. The van der Waals surface area contributed by atoms with Gasteiger partial charge in [-0.2, -0.15) is 0 Å². The van der Waals surface area contributed by atoms with Crippen molar-refractivity contribution in [3.63, 3.8) is 0 Å². The second-order valence-corrected chi connectivity index (χ2v) is 4.60. The van der Waals surface area contributed by atoms with E-state index in [1.165, 1.54) is 0 Å². The van der Waals surface area contributed by atoms with Gasteiger partial charge in [-0.25, -0.2) is 9.59 Å². The normalized spacial score (nSPS) is 10.5. The van der Waals surface area contributed by atoms with E-state index in [9.17, 15) is 40.2 Å². The number of phenols is 4. The van der Waals surface area contributed by atoms with Gasteiger partial charge in [-0.3, -0.25) is 0 Å². The number of benzene rings is 2. The molecular formula is C14H8O10-2. The van der Waals surface area contributed by atoms with Crippen molar-refractivity contribution >= 4 is 11.9 Å². The number of aromatic carboxylic acids is 2. The molecule has 0 atom stereocenters. The third-order valence-corrected chi connectivity index (χ3v) is 3.18. The summed E-state index contributed by atoms with van der Waals surface area (Å²) in [7, 11) is 0. The predicted molar refractivity (Wildman–Crippen MR) is 71.3 cm³/mol. The van der Waals surface area contributed by atoms with Crippen molar-refractivity contribution in [1.29, 1.82) is 0 Å². The zero-order valence-corrected chi connectivity index (χ0v) is 11.5. The fourth-order valence-electron chi connectivity index (χ4n) is 2.10. The smallest absolute Gasteiger partial charge is 0.336 e. The molecule has 0 heterocycles. The number of hydrogen-bond donors (Lipinski definition) is 6. The van der Waals surface area contributed by atoms with E-state index >= 15 is 0 Å². The zero-order valence-electron chi connectivity index (χ0n) is 11.5. The van der Waals surface area contributed by atoms with E-state index in [-0.39, 0.29) is 0 Å². The lowest BCUT2D eigenvalue weighted by Crippen LogP contribution is -2.10. The molecule has 0 radical (unpaired) electrons. The largest absolute Gasteiger partial charge is 0.869 e. The molecule has 0 spiro atoms. The summed E-state index contributed by atoms with van der Waals surface area (Å²) in [5, 5.41) is 80.1. The van der Waals surface area contributed by atoms with Crippen molar-refractivity contribution in [2.75, 3.05) is 0 Å². The van der Waals surface area contributed by atoms with E-state index in [1.807, 2.05) is 0 Å². The number of carbonyl (C=O) groups is 2. The summed E-state index contributed by atoms with van der Waals surface area (Å²) in [5.41, 5.74) is -4.04.